The van der Waals surface area contributed by atoms with Crippen molar-refractivity contribution in [2.75, 3.05) is 13.1 Å². The average molecular weight is 267 g/mol. The van der Waals surface area contributed by atoms with Gasteiger partial charge in [0, 0.05) is 24.8 Å². The van der Waals surface area contributed by atoms with E-state index in [4.69, 9.17) is 0 Å². The fraction of sp³-hybridized carbons (Fsp3) is 0.308. The van der Waals surface area contributed by atoms with E-state index in [0.29, 0.717) is 17.3 Å². The Morgan fingerprint density at radius 1 is 1.11 bits per heavy atom. The van der Waals surface area contributed by atoms with Crippen molar-refractivity contribution < 1.29 is 13.2 Å². The van der Waals surface area contributed by atoms with Crippen LogP contribution in [0.3, 0.4) is 0 Å². The summed E-state index contributed by atoms with van der Waals surface area (Å²) >= 11 is 0. The number of nitrogens with one attached hydrogen (secondary N) is 1. The SMILES string of the molecule is FC(F)(F)c1ccc(-c2ccn(C3CNC3)n2)cc1. The second kappa shape index (κ2) is 4.38. The zero-order valence-electron chi connectivity index (χ0n) is 9.98. The first-order valence-corrected chi connectivity index (χ1v) is 5.97. The van der Waals surface area contributed by atoms with E-state index in [2.05, 4.69) is 10.4 Å². The maximum Gasteiger partial charge on any atom is 0.416 e. The van der Waals surface area contributed by atoms with Crippen LogP contribution in [0, 0.1) is 0 Å². The Balaban J connectivity index is 1.83. The lowest BCUT2D eigenvalue weighted by Gasteiger charge is -2.27. The molecule has 19 heavy (non-hydrogen) atoms. The minimum Gasteiger partial charge on any atom is -0.312 e. The normalized spacial score (nSPS) is 16.4. The van der Waals surface area contributed by atoms with Crippen molar-refractivity contribution in [3.63, 3.8) is 0 Å². The highest BCUT2D eigenvalue weighted by molar-refractivity contribution is 5.59. The molecule has 1 N–H and O–H groups in total. The lowest BCUT2D eigenvalue weighted by molar-refractivity contribution is -0.137. The Kier molecular flexibility index (Phi) is 2.82. The molecule has 1 saturated heterocycles. The van der Waals surface area contributed by atoms with Gasteiger partial charge < -0.3 is 5.32 Å². The van der Waals surface area contributed by atoms with Crippen molar-refractivity contribution in [3.05, 3.63) is 42.1 Å². The number of hydrogen-bond acceptors (Lipinski definition) is 2. The van der Waals surface area contributed by atoms with Crippen LogP contribution in [0.25, 0.3) is 11.3 Å². The van der Waals surface area contributed by atoms with Crippen LogP contribution in [0.2, 0.25) is 0 Å². The van der Waals surface area contributed by atoms with Crippen LogP contribution in [0.15, 0.2) is 36.5 Å². The van der Waals surface area contributed by atoms with E-state index < -0.39 is 11.7 Å². The molecule has 2 aromatic rings. The molecule has 1 aromatic heterocycles. The molecule has 1 aliphatic heterocycles. The van der Waals surface area contributed by atoms with E-state index in [-0.39, 0.29) is 0 Å². The summed E-state index contributed by atoms with van der Waals surface area (Å²) in [5.41, 5.74) is 0.749. The topological polar surface area (TPSA) is 29.9 Å². The predicted octanol–water partition coefficient (Wildman–Crippen LogP) is 2.71. The lowest BCUT2D eigenvalue weighted by Crippen LogP contribution is -2.43. The number of alkyl halides is 3. The van der Waals surface area contributed by atoms with Crippen molar-refractivity contribution in [2.45, 2.75) is 12.2 Å². The molecule has 0 radical (unpaired) electrons. The molecule has 2 heterocycles. The summed E-state index contributed by atoms with van der Waals surface area (Å²) in [5.74, 6) is 0. The zero-order chi connectivity index (χ0) is 13.5. The van der Waals surface area contributed by atoms with Gasteiger partial charge in [0.2, 0.25) is 0 Å². The summed E-state index contributed by atoms with van der Waals surface area (Å²) in [4.78, 5) is 0. The van der Waals surface area contributed by atoms with Crippen molar-refractivity contribution in [1.29, 1.82) is 0 Å². The molecule has 100 valence electrons. The van der Waals surface area contributed by atoms with Crippen LogP contribution in [-0.4, -0.2) is 22.9 Å². The largest absolute Gasteiger partial charge is 0.416 e. The van der Waals surface area contributed by atoms with E-state index >= 15 is 0 Å². The summed E-state index contributed by atoms with van der Waals surface area (Å²) in [5, 5.41) is 7.54. The summed E-state index contributed by atoms with van der Waals surface area (Å²) in [6, 6.07) is 7.24. The van der Waals surface area contributed by atoms with Gasteiger partial charge >= 0.3 is 6.18 Å². The molecule has 0 atom stereocenters. The van der Waals surface area contributed by atoms with Gasteiger partial charge in [0.05, 0.1) is 17.3 Å². The summed E-state index contributed by atoms with van der Waals surface area (Å²) in [6.07, 6.45) is -2.44. The van der Waals surface area contributed by atoms with Gasteiger partial charge in [-0.05, 0) is 18.2 Å². The predicted molar refractivity (Wildman–Crippen MR) is 64.6 cm³/mol. The molecule has 0 spiro atoms. The Morgan fingerprint density at radius 2 is 1.79 bits per heavy atom. The van der Waals surface area contributed by atoms with E-state index in [1.165, 1.54) is 12.1 Å². The third-order valence-electron chi connectivity index (χ3n) is 3.25. The van der Waals surface area contributed by atoms with E-state index in [1.807, 2.05) is 16.9 Å². The van der Waals surface area contributed by atoms with Gasteiger partial charge in [-0.2, -0.15) is 18.3 Å². The van der Waals surface area contributed by atoms with E-state index in [1.54, 1.807) is 0 Å². The average Bonchev–Trinajstić information content (AvgIpc) is 2.75. The van der Waals surface area contributed by atoms with E-state index in [9.17, 15) is 13.2 Å². The third kappa shape index (κ3) is 2.35. The number of halogens is 3. The first kappa shape index (κ1) is 12.2. The van der Waals surface area contributed by atoms with Crippen LogP contribution in [0.1, 0.15) is 11.6 Å². The van der Waals surface area contributed by atoms with Crippen LogP contribution >= 0.6 is 0 Å². The molecule has 1 aliphatic rings. The smallest absolute Gasteiger partial charge is 0.312 e. The molecule has 1 fully saturated rings. The zero-order valence-corrected chi connectivity index (χ0v) is 9.98. The fourth-order valence-electron chi connectivity index (χ4n) is 1.99. The van der Waals surface area contributed by atoms with Gasteiger partial charge in [-0.3, -0.25) is 4.68 Å². The number of rotatable bonds is 2. The highest BCUT2D eigenvalue weighted by Gasteiger charge is 2.30. The summed E-state index contributed by atoms with van der Waals surface area (Å²) in [6.45, 7) is 1.77. The number of benzene rings is 1. The molecule has 3 rings (SSSR count). The Bertz CT molecular complexity index is 568. The van der Waals surface area contributed by atoms with Gasteiger partial charge in [0.15, 0.2) is 0 Å². The monoisotopic (exact) mass is 267 g/mol. The van der Waals surface area contributed by atoms with Crippen LogP contribution in [0.5, 0.6) is 0 Å². The second-order valence-electron chi connectivity index (χ2n) is 4.57. The fourth-order valence-corrected chi connectivity index (χ4v) is 1.99. The van der Waals surface area contributed by atoms with Crippen LogP contribution < -0.4 is 5.32 Å². The molecular weight excluding hydrogens is 255 g/mol. The Labute approximate surface area is 108 Å². The molecule has 0 amide bonds. The Hall–Kier alpha value is -1.82. The van der Waals surface area contributed by atoms with Crippen molar-refractivity contribution >= 4 is 0 Å². The van der Waals surface area contributed by atoms with Gasteiger partial charge in [0.1, 0.15) is 0 Å². The number of hydrogen-bond donors (Lipinski definition) is 1. The standard InChI is InChI=1S/C13H12F3N3/c14-13(15,16)10-3-1-9(2-4-10)12-5-6-19(18-12)11-7-17-8-11/h1-6,11,17H,7-8H2. The minimum atomic E-state index is -4.30. The first-order valence-electron chi connectivity index (χ1n) is 5.97. The quantitative estimate of drug-likeness (QED) is 0.906. The third-order valence-corrected chi connectivity index (χ3v) is 3.25. The van der Waals surface area contributed by atoms with E-state index in [0.717, 1.165) is 25.2 Å². The molecule has 0 unspecified atom stereocenters. The number of aromatic nitrogens is 2. The summed E-state index contributed by atoms with van der Waals surface area (Å²) in [7, 11) is 0. The van der Waals surface area contributed by atoms with Gasteiger partial charge in [-0.15, -0.1) is 0 Å². The second-order valence-corrected chi connectivity index (χ2v) is 4.57. The van der Waals surface area contributed by atoms with Crippen LogP contribution in [0.4, 0.5) is 13.2 Å². The van der Waals surface area contributed by atoms with Crippen molar-refractivity contribution in [3.8, 4) is 11.3 Å². The molecular formula is C13H12F3N3. The molecule has 0 saturated carbocycles. The van der Waals surface area contributed by atoms with Crippen molar-refractivity contribution in [1.82, 2.24) is 15.1 Å². The van der Waals surface area contributed by atoms with Crippen LogP contribution in [-0.2, 0) is 6.18 Å². The van der Waals surface area contributed by atoms with Crippen molar-refractivity contribution in [2.24, 2.45) is 0 Å². The highest BCUT2D eigenvalue weighted by Crippen LogP contribution is 2.30. The molecule has 1 aromatic carbocycles. The maximum absolute atomic E-state index is 12.5. The van der Waals surface area contributed by atoms with Gasteiger partial charge in [-0.25, -0.2) is 0 Å². The highest BCUT2D eigenvalue weighted by atomic mass is 19.4. The molecule has 0 bridgehead atoms. The minimum absolute atomic E-state index is 0.350. The van der Waals surface area contributed by atoms with Gasteiger partial charge in [-0.1, -0.05) is 12.1 Å². The number of nitrogens with zero attached hydrogens (tertiary/aromatic N) is 2. The first-order chi connectivity index (χ1) is 9.04. The summed E-state index contributed by atoms with van der Waals surface area (Å²) < 4.78 is 39.2. The Morgan fingerprint density at radius 3 is 2.32 bits per heavy atom. The van der Waals surface area contributed by atoms with Gasteiger partial charge in [0.25, 0.3) is 0 Å². The molecule has 0 aliphatic carbocycles. The lowest BCUT2D eigenvalue weighted by atomic mass is 10.1. The maximum atomic E-state index is 12.5. The molecule has 6 heteroatoms. The molecule has 3 nitrogen and oxygen atoms in total.